The van der Waals surface area contributed by atoms with Crippen molar-refractivity contribution in [1.82, 2.24) is 4.90 Å². The smallest absolute Gasteiger partial charge is 0.307 e. The summed E-state index contributed by atoms with van der Waals surface area (Å²) in [5.41, 5.74) is 1.36. The Labute approximate surface area is 111 Å². The molecule has 2 aliphatic rings. The summed E-state index contributed by atoms with van der Waals surface area (Å²) >= 11 is 1.78. The Morgan fingerprint density at radius 3 is 2.67 bits per heavy atom. The molecular formula is C14H17NO2S. The summed E-state index contributed by atoms with van der Waals surface area (Å²) in [6.45, 7) is 2.85. The number of hydrogen-bond acceptors (Lipinski definition) is 3. The van der Waals surface area contributed by atoms with Crippen molar-refractivity contribution in [1.29, 1.82) is 0 Å². The topological polar surface area (TPSA) is 40.5 Å². The van der Waals surface area contributed by atoms with Gasteiger partial charge in [0.1, 0.15) is 0 Å². The fraction of sp³-hybridized carbons (Fsp3) is 0.500. The third kappa shape index (κ3) is 2.04. The SMILES string of the molecule is CSc1ccccc1CN1C[C@@H]2C(C(=O)O)[C@@H]2C1. The van der Waals surface area contributed by atoms with Gasteiger partial charge in [-0.05, 0) is 29.7 Å². The lowest BCUT2D eigenvalue weighted by Crippen LogP contribution is -2.26. The maximum Gasteiger partial charge on any atom is 0.307 e. The van der Waals surface area contributed by atoms with E-state index >= 15 is 0 Å². The molecule has 0 bridgehead atoms. The lowest BCUT2D eigenvalue weighted by molar-refractivity contribution is -0.139. The van der Waals surface area contributed by atoms with E-state index in [2.05, 4.69) is 35.4 Å². The van der Waals surface area contributed by atoms with Crippen molar-refractivity contribution < 1.29 is 9.90 Å². The summed E-state index contributed by atoms with van der Waals surface area (Å²) < 4.78 is 0. The van der Waals surface area contributed by atoms with Crippen LogP contribution in [0.2, 0.25) is 0 Å². The van der Waals surface area contributed by atoms with Gasteiger partial charge in [0.2, 0.25) is 0 Å². The molecule has 3 atom stereocenters. The third-order valence-corrected chi connectivity index (χ3v) is 4.98. The lowest BCUT2D eigenvalue weighted by atomic mass is 10.2. The minimum absolute atomic E-state index is 0.0583. The van der Waals surface area contributed by atoms with Crippen LogP contribution in [0.1, 0.15) is 5.56 Å². The predicted molar refractivity (Wildman–Crippen MR) is 71.6 cm³/mol. The van der Waals surface area contributed by atoms with E-state index in [1.165, 1.54) is 10.5 Å². The molecule has 1 aliphatic heterocycles. The summed E-state index contributed by atoms with van der Waals surface area (Å²) in [6, 6.07) is 8.46. The molecule has 1 aromatic rings. The van der Waals surface area contributed by atoms with Gasteiger partial charge in [-0.2, -0.15) is 0 Å². The highest BCUT2D eigenvalue weighted by Gasteiger charge is 2.59. The first kappa shape index (κ1) is 12.1. The molecular weight excluding hydrogens is 246 g/mol. The van der Waals surface area contributed by atoms with Crippen molar-refractivity contribution in [3.8, 4) is 0 Å². The minimum Gasteiger partial charge on any atom is -0.481 e. The number of piperidine rings is 1. The first-order chi connectivity index (χ1) is 8.70. The number of nitrogens with zero attached hydrogens (tertiary/aromatic N) is 1. The molecule has 0 spiro atoms. The second-order valence-electron chi connectivity index (χ2n) is 5.20. The molecule has 18 heavy (non-hydrogen) atoms. The summed E-state index contributed by atoms with van der Waals surface area (Å²) in [7, 11) is 0. The van der Waals surface area contributed by atoms with Gasteiger partial charge in [-0.3, -0.25) is 9.69 Å². The zero-order valence-corrected chi connectivity index (χ0v) is 11.2. The molecule has 1 aromatic carbocycles. The molecule has 1 heterocycles. The fourth-order valence-electron chi connectivity index (χ4n) is 3.18. The van der Waals surface area contributed by atoms with Crippen molar-refractivity contribution in [2.24, 2.45) is 17.8 Å². The molecule has 1 N–H and O–H groups in total. The van der Waals surface area contributed by atoms with Crippen LogP contribution in [0.4, 0.5) is 0 Å². The van der Waals surface area contributed by atoms with Gasteiger partial charge >= 0.3 is 5.97 Å². The zero-order chi connectivity index (χ0) is 12.7. The van der Waals surface area contributed by atoms with Crippen LogP contribution >= 0.6 is 11.8 Å². The van der Waals surface area contributed by atoms with Gasteiger partial charge in [-0.15, -0.1) is 11.8 Å². The summed E-state index contributed by atoms with van der Waals surface area (Å²) in [5.74, 6) is 0.152. The number of carboxylic acid groups (broad SMARTS) is 1. The molecule has 1 saturated heterocycles. The van der Waals surface area contributed by atoms with Crippen molar-refractivity contribution in [3.05, 3.63) is 29.8 Å². The van der Waals surface area contributed by atoms with Crippen LogP contribution in [0.25, 0.3) is 0 Å². The maximum absolute atomic E-state index is 10.9. The van der Waals surface area contributed by atoms with E-state index in [1.807, 2.05) is 0 Å². The Kier molecular flexibility index (Phi) is 3.08. The number of hydrogen-bond donors (Lipinski definition) is 1. The predicted octanol–water partition coefficient (Wildman–Crippen LogP) is 2.17. The van der Waals surface area contributed by atoms with E-state index in [1.54, 1.807) is 11.8 Å². The van der Waals surface area contributed by atoms with Crippen molar-refractivity contribution in [3.63, 3.8) is 0 Å². The number of fused-ring (bicyclic) bond motifs is 1. The second kappa shape index (κ2) is 4.59. The quantitative estimate of drug-likeness (QED) is 0.845. The third-order valence-electron chi connectivity index (χ3n) is 4.14. The number of likely N-dealkylation sites (tertiary alicyclic amines) is 1. The van der Waals surface area contributed by atoms with Gasteiger partial charge in [-0.25, -0.2) is 0 Å². The highest BCUT2D eigenvalue weighted by molar-refractivity contribution is 7.98. The maximum atomic E-state index is 10.9. The van der Waals surface area contributed by atoms with Crippen LogP contribution in [-0.4, -0.2) is 35.3 Å². The van der Waals surface area contributed by atoms with Gasteiger partial charge in [0, 0.05) is 24.5 Å². The van der Waals surface area contributed by atoms with Gasteiger partial charge in [0.25, 0.3) is 0 Å². The molecule has 1 aliphatic carbocycles. The summed E-state index contributed by atoms with van der Waals surface area (Å²) in [4.78, 5) is 14.6. The van der Waals surface area contributed by atoms with Crippen LogP contribution in [0, 0.1) is 17.8 Å². The normalized spacial score (nSPS) is 30.2. The first-order valence-corrected chi connectivity index (χ1v) is 7.50. The van der Waals surface area contributed by atoms with E-state index in [0.717, 1.165) is 19.6 Å². The Hall–Kier alpha value is -1.00. The molecule has 2 fully saturated rings. The van der Waals surface area contributed by atoms with E-state index in [9.17, 15) is 4.79 Å². The minimum atomic E-state index is -0.603. The Bertz CT molecular complexity index is 465. The fourth-order valence-corrected chi connectivity index (χ4v) is 3.79. The molecule has 3 nitrogen and oxygen atoms in total. The lowest BCUT2D eigenvalue weighted by Gasteiger charge is -2.20. The van der Waals surface area contributed by atoms with E-state index in [0.29, 0.717) is 11.8 Å². The van der Waals surface area contributed by atoms with Crippen LogP contribution in [0.3, 0.4) is 0 Å². The monoisotopic (exact) mass is 263 g/mol. The van der Waals surface area contributed by atoms with Gasteiger partial charge in [0.15, 0.2) is 0 Å². The number of rotatable bonds is 4. The average Bonchev–Trinajstić information content (AvgIpc) is 2.88. The van der Waals surface area contributed by atoms with Crippen LogP contribution in [0.5, 0.6) is 0 Å². The average molecular weight is 263 g/mol. The summed E-state index contributed by atoms with van der Waals surface area (Å²) in [6.07, 6.45) is 2.10. The first-order valence-electron chi connectivity index (χ1n) is 6.27. The Balaban J connectivity index is 1.62. The van der Waals surface area contributed by atoms with E-state index < -0.39 is 5.97 Å². The zero-order valence-electron chi connectivity index (χ0n) is 10.4. The molecule has 0 aromatic heterocycles. The number of carboxylic acids is 1. The molecule has 3 rings (SSSR count). The van der Waals surface area contributed by atoms with Gasteiger partial charge < -0.3 is 5.11 Å². The van der Waals surface area contributed by atoms with Gasteiger partial charge in [-0.1, -0.05) is 18.2 Å². The van der Waals surface area contributed by atoms with E-state index in [-0.39, 0.29) is 5.92 Å². The highest BCUT2D eigenvalue weighted by atomic mass is 32.2. The number of thioether (sulfide) groups is 1. The number of carbonyl (C=O) groups is 1. The Morgan fingerprint density at radius 1 is 1.39 bits per heavy atom. The van der Waals surface area contributed by atoms with Crippen LogP contribution in [0.15, 0.2) is 29.2 Å². The molecule has 0 radical (unpaired) electrons. The number of benzene rings is 1. The summed E-state index contributed by atoms with van der Waals surface area (Å²) in [5, 5.41) is 9.00. The van der Waals surface area contributed by atoms with Crippen molar-refractivity contribution >= 4 is 17.7 Å². The molecule has 96 valence electrons. The van der Waals surface area contributed by atoms with Crippen LogP contribution in [-0.2, 0) is 11.3 Å². The molecule has 1 saturated carbocycles. The van der Waals surface area contributed by atoms with Gasteiger partial charge in [0.05, 0.1) is 5.92 Å². The largest absolute Gasteiger partial charge is 0.481 e. The van der Waals surface area contributed by atoms with Crippen LogP contribution < -0.4 is 0 Å². The van der Waals surface area contributed by atoms with Crippen molar-refractivity contribution in [2.45, 2.75) is 11.4 Å². The second-order valence-corrected chi connectivity index (χ2v) is 6.05. The standard InChI is InChI=1S/C14H17NO2S/c1-18-12-5-3-2-4-9(12)6-15-7-10-11(8-15)13(10)14(16)17/h2-5,10-11,13H,6-8H2,1H3,(H,16,17)/t10-,11+,13?. The molecule has 1 unspecified atom stereocenters. The van der Waals surface area contributed by atoms with E-state index in [4.69, 9.17) is 5.11 Å². The Morgan fingerprint density at radius 2 is 2.06 bits per heavy atom. The molecule has 4 heteroatoms. The van der Waals surface area contributed by atoms with Crippen molar-refractivity contribution in [2.75, 3.05) is 19.3 Å². The number of aliphatic carboxylic acids is 1. The highest BCUT2D eigenvalue weighted by Crippen LogP contribution is 2.52. The molecule has 0 amide bonds.